The number of nitrogens with one attached hydrogen (secondary N) is 1. The van der Waals surface area contributed by atoms with Crippen molar-refractivity contribution >= 4 is 17.7 Å². The zero-order valence-electron chi connectivity index (χ0n) is 12.7. The largest absolute Gasteiger partial charge is 0.465 e. The van der Waals surface area contributed by atoms with Crippen LogP contribution in [-0.2, 0) is 9.53 Å². The van der Waals surface area contributed by atoms with E-state index in [9.17, 15) is 4.79 Å². The van der Waals surface area contributed by atoms with E-state index in [4.69, 9.17) is 4.74 Å². The van der Waals surface area contributed by atoms with Crippen LogP contribution in [0.3, 0.4) is 0 Å². The van der Waals surface area contributed by atoms with E-state index >= 15 is 0 Å². The predicted octanol–water partition coefficient (Wildman–Crippen LogP) is 3.37. The molecule has 0 aromatic heterocycles. The lowest BCUT2D eigenvalue weighted by Gasteiger charge is -2.37. The fourth-order valence-corrected chi connectivity index (χ4v) is 3.72. The highest BCUT2D eigenvalue weighted by Crippen LogP contribution is 2.38. The smallest absolute Gasteiger partial charge is 0.323 e. The summed E-state index contributed by atoms with van der Waals surface area (Å²) in [6.07, 6.45) is 10.6. The first-order valence-corrected chi connectivity index (χ1v) is 8.85. The Balaban J connectivity index is 2.51. The molecule has 1 aliphatic rings. The number of hydrogen-bond acceptors (Lipinski definition) is 4. The van der Waals surface area contributed by atoms with Crippen LogP contribution in [0.15, 0.2) is 0 Å². The van der Waals surface area contributed by atoms with Crippen molar-refractivity contribution in [3.8, 4) is 0 Å². The van der Waals surface area contributed by atoms with E-state index in [1.165, 1.54) is 32.1 Å². The van der Waals surface area contributed by atoms with Gasteiger partial charge in [-0.25, -0.2) is 0 Å². The molecule has 0 aromatic carbocycles. The van der Waals surface area contributed by atoms with Crippen molar-refractivity contribution in [2.24, 2.45) is 0 Å². The highest BCUT2D eigenvalue weighted by Gasteiger charge is 2.32. The van der Waals surface area contributed by atoms with Crippen molar-refractivity contribution in [3.63, 3.8) is 0 Å². The monoisotopic (exact) mass is 287 g/mol. The van der Waals surface area contributed by atoms with Crippen molar-refractivity contribution in [1.82, 2.24) is 5.32 Å². The Morgan fingerprint density at radius 3 is 2.53 bits per heavy atom. The minimum atomic E-state index is -0.129. The second-order valence-corrected chi connectivity index (χ2v) is 6.70. The van der Waals surface area contributed by atoms with E-state index in [-0.39, 0.29) is 12.0 Å². The Labute approximate surface area is 122 Å². The maximum Gasteiger partial charge on any atom is 0.323 e. The van der Waals surface area contributed by atoms with Crippen LogP contribution in [0.4, 0.5) is 0 Å². The number of thioether (sulfide) groups is 1. The van der Waals surface area contributed by atoms with Crippen LogP contribution < -0.4 is 5.32 Å². The van der Waals surface area contributed by atoms with Crippen molar-refractivity contribution in [2.75, 3.05) is 19.4 Å². The van der Waals surface area contributed by atoms with E-state index in [2.05, 4.69) is 18.5 Å². The molecule has 1 fully saturated rings. The summed E-state index contributed by atoms with van der Waals surface area (Å²) in [5, 5.41) is 3.47. The van der Waals surface area contributed by atoms with Gasteiger partial charge < -0.3 is 10.1 Å². The van der Waals surface area contributed by atoms with Crippen LogP contribution >= 0.6 is 11.8 Å². The van der Waals surface area contributed by atoms with Crippen LogP contribution in [0.5, 0.6) is 0 Å². The van der Waals surface area contributed by atoms with E-state index in [1.54, 1.807) is 0 Å². The van der Waals surface area contributed by atoms with Gasteiger partial charge in [0, 0.05) is 11.3 Å². The van der Waals surface area contributed by atoms with Gasteiger partial charge in [0.25, 0.3) is 0 Å². The van der Waals surface area contributed by atoms with Crippen molar-refractivity contribution in [1.29, 1.82) is 0 Å². The molecule has 1 unspecified atom stereocenters. The second-order valence-electron chi connectivity index (χ2n) is 5.42. The zero-order valence-corrected chi connectivity index (χ0v) is 13.5. The molecule has 112 valence electrons. The van der Waals surface area contributed by atoms with Gasteiger partial charge in [-0.2, -0.15) is 11.8 Å². The molecular formula is C15H29NO2S. The third kappa shape index (κ3) is 5.35. The second kappa shape index (κ2) is 8.85. The van der Waals surface area contributed by atoms with E-state index < -0.39 is 0 Å². The molecule has 1 aliphatic carbocycles. The molecule has 0 amide bonds. The van der Waals surface area contributed by atoms with Crippen molar-refractivity contribution < 1.29 is 9.53 Å². The van der Waals surface area contributed by atoms with E-state index in [0.29, 0.717) is 11.4 Å². The molecule has 0 spiro atoms. The lowest BCUT2D eigenvalue weighted by Crippen LogP contribution is -2.47. The predicted molar refractivity (Wildman–Crippen MR) is 82.7 cm³/mol. The Bertz CT molecular complexity index is 265. The quantitative estimate of drug-likeness (QED) is 0.695. The maximum atomic E-state index is 11.9. The molecule has 0 aliphatic heterocycles. The first-order valence-electron chi connectivity index (χ1n) is 7.62. The van der Waals surface area contributed by atoms with Crippen molar-refractivity contribution in [3.05, 3.63) is 0 Å². The average molecular weight is 287 g/mol. The summed E-state index contributed by atoms with van der Waals surface area (Å²) in [6.45, 7) is 5.37. The summed E-state index contributed by atoms with van der Waals surface area (Å²) >= 11 is 1.96. The van der Waals surface area contributed by atoms with Crippen LogP contribution in [0, 0.1) is 0 Å². The van der Waals surface area contributed by atoms with Gasteiger partial charge in [-0.15, -0.1) is 0 Å². The third-order valence-electron chi connectivity index (χ3n) is 4.02. The SMILES string of the molecule is CCCC(NCC1(SC)CCCCC1)C(=O)OCC. The first-order chi connectivity index (χ1) is 9.17. The molecule has 1 saturated carbocycles. The number of ether oxygens (including phenoxy) is 1. The third-order valence-corrected chi connectivity index (χ3v) is 5.44. The average Bonchev–Trinajstić information content (AvgIpc) is 2.44. The van der Waals surface area contributed by atoms with Gasteiger partial charge in [-0.05, 0) is 32.4 Å². The summed E-state index contributed by atoms with van der Waals surface area (Å²) in [7, 11) is 0. The van der Waals surface area contributed by atoms with Gasteiger partial charge in [0.1, 0.15) is 6.04 Å². The summed E-state index contributed by atoms with van der Waals surface area (Å²) < 4.78 is 5.48. The Hall–Kier alpha value is -0.220. The van der Waals surface area contributed by atoms with E-state index in [1.807, 2.05) is 18.7 Å². The van der Waals surface area contributed by atoms with Gasteiger partial charge in [-0.1, -0.05) is 32.6 Å². The molecule has 1 N–H and O–H groups in total. The van der Waals surface area contributed by atoms with Gasteiger partial charge in [-0.3, -0.25) is 4.79 Å². The molecular weight excluding hydrogens is 258 g/mol. The van der Waals surface area contributed by atoms with E-state index in [0.717, 1.165) is 19.4 Å². The molecule has 3 nitrogen and oxygen atoms in total. The molecule has 0 saturated heterocycles. The van der Waals surface area contributed by atoms with Crippen LogP contribution in [0.1, 0.15) is 58.8 Å². The van der Waals surface area contributed by atoms with Gasteiger partial charge >= 0.3 is 5.97 Å². The molecule has 1 atom stereocenters. The summed E-state index contributed by atoms with van der Waals surface area (Å²) in [5.41, 5.74) is 0. The van der Waals surface area contributed by atoms with Crippen molar-refractivity contribution in [2.45, 2.75) is 69.6 Å². The highest BCUT2D eigenvalue weighted by molar-refractivity contribution is 8.00. The molecule has 0 bridgehead atoms. The summed E-state index contributed by atoms with van der Waals surface area (Å²) in [6, 6.07) is -0.129. The molecule has 19 heavy (non-hydrogen) atoms. The molecule has 0 aromatic rings. The normalized spacial score (nSPS) is 19.9. The number of rotatable bonds is 8. The fourth-order valence-electron chi connectivity index (χ4n) is 2.79. The Morgan fingerprint density at radius 2 is 2.00 bits per heavy atom. The molecule has 0 radical (unpaired) electrons. The topological polar surface area (TPSA) is 38.3 Å². The molecule has 0 heterocycles. The minimum absolute atomic E-state index is 0.0867. The number of carbonyl (C=O) groups is 1. The zero-order chi connectivity index (χ0) is 14.1. The standard InChI is InChI=1S/C15H29NO2S/c1-4-9-13(14(17)18-5-2)16-12-15(19-3)10-7-6-8-11-15/h13,16H,4-12H2,1-3H3. The maximum absolute atomic E-state index is 11.9. The lowest BCUT2D eigenvalue weighted by molar-refractivity contribution is -0.145. The Morgan fingerprint density at radius 1 is 1.32 bits per heavy atom. The molecule has 4 heteroatoms. The fraction of sp³-hybridized carbons (Fsp3) is 0.933. The van der Waals surface area contributed by atoms with Crippen LogP contribution in [0.2, 0.25) is 0 Å². The number of esters is 1. The first kappa shape index (κ1) is 16.8. The highest BCUT2D eigenvalue weighted by atomic mass is 32.2. The number of hydrogen-bond donors (Lipinski definition) is 1. The lowest BCUT2D eigenvalue weighted by atomic mass is 9.88. The van der Waals surface area contributed by atoms with Crippen LogP contribution in [-0.4, -0.2) is 36.2 Å². The number of carbonyl (C=O) groups excluding carboxylic acids is 1. The molecule has 1 rings (SSSR count). The summed E-state index contributed by atoms with van der Waals surface area (Å²) in [4.78, 5) is 11.9. The minimum Gasteiger partial charge on any atom is -0.465 e. The summed E-state index contributed by atoms with van der Waals surface area (Å²) in [5.74, 6) is -0.0867. The van der Waals surface area contributed by atoms with Gasteiger partial charge in [0.15, 0.2) is 0 Å². The van der Waals surface area contributed by atoms with Crippen LogP contribution in [0.25, 0.3) is 0 Å². The Kier molecular flexibility index (Phi) is 7.84. The van der Waals surface area contributed by atoms with Gasteiger partial charge in [0.05, 0.1) is 6.61 Å². The van der Waals surface area contributed by atoms with Gasteiger partial charge in [0.2, 0.25) is 0 Å².